The number of aryl methyl sites for hydroxylation is 1. The largest absolute Gasteiger partial charge is 0.436 e. The van der Waals surface area contributed by atoms with Crippen LogP contribution in [0, 0.1) is 0 Å². The molecule has 6 nitrogen and oxygen atoms in total. The molecule has 78 valence electrons. The van der Waals surface area contributed by atoms with Gasteiger partial charge < -0.3 is 10.1 Å². The van der Waals surface area contributed by atoms with E-state index in [-0.39, 0.29) is 0 Å². The summed E-state index contributed by atoms with van der Waals surface area (Å²) in [5.74, 6) is 1.85. The highest BCUT2D eigenvalue weighted by Gasteiger charge is 2.01. The van der Waals surface area contributed by atoms with Crippen molar-refractivity contribution in [1.82, 2.24) is 19.7 Å². The molecule has 0 saturated carbocycles. The third kappa shape index (κ3) is 2.22. The maximum atomic E-state index is 5.47. The zero-order valence-corrected chi connectivity index (χ0v) is 8.51. The van der Waals surface area contributed by atoms with Gasteiger partial charge in [0.25, 0.3) is 0 Å². The van der Waals surface area contributed by atoms with Crippen LogP contribution in [0.3, 0.4) is 0 Å². The van der Waals surface area contributed by atoms with Gasteiger partial charge in [0.15, 0.2) is 5.75 Å². The van der Waals surface area contributed by atoms with Crippen LogP contribution in [-0.2, 0) is 7.05 Å². The molecule has 2 aromatic heterocycles. The molecule has 0 aliphatic carbocycles. The average molecular weight is 205 g/mol. The van der Waals surface area contributed by atoms with Crippen molar-refractivity contribution < 1.29 is 4.74 Å². The molecule has 0 fully saturated rings. The molecule has 2 rings (SSSR count). The van der Waals surface area contributed by atoms with E-state index in [2.05, 4.69) is 20.4 Å². The van der Waals surface area contributed by atoms with Gasteiger partial charge in [0.05, 0.1) is 12.4 Å². The Bertz CT molecular complexity index is 453. The van der Waals surface area contributed by atoms with Crippen LogP contribution >= 0.6 is 0 Å². The molecule has 1 N–H and O–H groups in total. The zero-order chi connectivity index (χ0) is 10.7. The van der Waals surface area contributed by atoms with Crippen molar-refractivity contribution in [3.63, 3.8) is 0 Å². The first-order valence-electron chi connectivity index (χ1n) is 4.44. The van der Waals surface area contributed by atoms with Crippen molar-refractivity contribution >= 4 is 5.82 Å². The Morgan fingerprint density at radius 1 is 1.40 bits per heavy atom. The molecule has 0 bridgehead atoms. The molecule has 2 aromatic rings. The lowest BCUT2D eigenvalue weighted by molar-refractivity contribution is 0.461. The van der Waals surface area contributed by atoms with E-state index in [1.54, 1.807) is 30.2 Å². The summed E-state index contributed by atoms with van der Waals surface area (Å²) in [5, 5.41) is 6.89. The van der Waals surface area contributed by atoms with Gasteiger partial charge >= 0.3 is 0 Å². The SMILES string of the molecule is CNc1cc(Oc2cnn(C)c2)ncn1. The van der Waals surface area contributed by atoms with Crippen LogP contribution in [0.4, 0.5) is 5.82 Å². The van der Waals surface area contributed by atoms with E-state index in [1.165, 1.54) is 6.33 Å². The molecule has 2 heterocycles. The second-order valence-corrected chi connectivity index (χ2v) is 2.94. The predicted octanol–water partition coefficient (Wildman–Crippen LogP) is 1.04. The van der Waals surface area contributed by atoms with Crippen molar-refractivity contribution in [2.24, 2.45) is 7.05 Å². The Kier molecular flexibility index (Phi) is 2.49. The third-order valence-corrected chi connectivity index (χ3v) is 1.80. The number of nitrogens with one attached hydrogen (secondary N) is 1. The first-order chi connectivity index (χ1) is 7.28. The van der Waals surface area contributed by atoms with Crippen molar-refractivity contribution in [1.29, 1.82) is 0 Å². The van der Waals surface area contributed by atoms with Gasteiger partial charge in [0.2, 0.25) is 5.88 Å². The Morgan fingerprint density at radius 3 is 2.93 bits per heavy atom. The first-order valence-corrected chi connectivity index (χ1v) is 4.44. The molecule has 0 saturated heterocycles. The van der Waals surface area contributed by atoms with Crippen LogP contribution < -0.4 is 10.1 Å². The number of rotatable bonds is 3. The fourth-order valence-corrected chi connectivity index (χ4v) is 1.10. The Labute approximate surface area is 86.9 Å². The van der Waals surface area contributed by atoms with E-state index < -0.39 is 0 Å². The van der Waals surface area contributed by atoms with Gasteiger partial charge in [0, 0.05) is 20.2 Å². The van der Waals surface area contributed by atoms with E-state index in [9.17, 15) is 0 Å². The highest BCUT2D eigenvalue weighted by Crippen LogP contribution is 2.19. The van der Waals surface area contributed by atoms with Crippen LogP contribution in [0.15, 0.2) is 24.8 Å². The molecule has 0 atom stereocenters. The van der Waals surface area contributed by atoms with Gasteiger partial charge in [-0.25, -0.2) is 9.97 Å². The number of hydrogen-bond acceptors (Lipinski definition) is 5. The molecule has 0 aliphatic rings. The zero-order valence-electron chi connectivity index (χ0n) is 8.51. The molecule has 0 radical (unpaired) electrons. The van der Waals surface area contributed by atoms with Crippen LogP contribution in [0.1, 0.15) is 0 Å². The summed E-state index contributed by atoms with van der Waals surface area (Å²) in [4.78, 5) is 7.96. The molecule has 0 unspecified atom stereocenters. The van der Waals surface area contributed by atoms with Crippen LogP contribution in [-0.4, -0.2) is 26.8 Å². The van der Waals surface area contributed by atoms with E-state index in [0.29, 0.717) is 17.4 Å². The molecular weight excluding hydrogens is 194 g/mol. The topological polar surface area (TPSA) is 64.9 Å². The van der Waals surface area contributed by atoms with Gasteiger partial charge in [-0.1, -0.05) is 0 Å². The van der Waals surface area contributed by atoms with Gasteiger partial charge in [-0.2, -0.15) is 5.10 Å². The highest BCUT2D eigenvalue weighted by atomic mass is 16.5. The Balaban J connectivity index is 2.16. The van der Waals surface area contributed by atoms with Gasteiger partial charge in [0.1, 0.15) is 12.1 Å². The minimum absolute atomic E-state index is 0.488. The molecule has 0 amide bonds. The maximum Gasteiger partial charge on any atom is 0.224 e. The standard InChI is InChI=1S/C9H11N5O/c1-10-8-3-9(12-6-11-8)15-7-4-13-14(2)5-7/h3-6H,1-2H3,(H,10,11,12). The Hall–Kier alpha value is -2.11. The van der Waals surface area contributed by atoms with Crippen LogP contribution in [0.5, 0.6) is 11.6 Å². The quantitative estimate of drug-likeness (QED) is 0.811. The van der Waals surface area contributed by atoms with E-state index in [1.807, 2.05) is 7.05 Å². The summed E-state index contributed by atoms with van der Waals surface area (Å²) >= 11 is 0. The Morgan fingerprint density at radius 2 is 2.27 bits per heavy atom. The lowest BCUT2D eigenvalue weighted by Gasteiger charge is -2.02. The number of anilines is 1. The summed E-state index contributed by atoms with van der Waals surface area (Å²) in [6.45, 7) is 0. The maximum absolute atomic E-state index is 5.47. The van der Waals surface area contributed by atoms with Crippen LogP contribution in [0.25, 0.3) is 0 Å². The lowest BCUT2D eigenvalue weighted by Crippen LogP contribution is -1.94. The lowest BCUT2D eigenvalue weighted by atomic mass is 10.5. The van der Waals surface area contributed by atoms with Gasteiger partial charge in [-0.05, 0) is 0 Å². The molecule has 0 spiro atoms. The molecule has 15 heavy (non-hydrogen) atoms. The first kappa shape index (κ1) is 9.45. The number of hydrogen-bond donors (Lipinski definition) is 1. The van der Waals surface area contributed by atoms with E-state index in [4.69, 9.17) is 4.74 Å². The van der Waals surface area contributed by atoms with Crippen molar-refractivity contribution in [3.8, 4) is 11.6 Å². The average Bonchev–Trinajstić information content (AvgIpc) is 2.64. The monoisotopic (exact) mass is 205 g/mol. The summed E-state index contributed by atoms with van der Waals surface area (Å²) < 4.78 is 7.13. The summed E-state index contributed by atoms with van der Waals surface area (Å²) in [6.07, 6.45) is 4.83. The van der Waals surface area contributed by atoms with Gasteiger partial charge in [-0.3, -0.25) is 4.68 Å². The van der Waals surface area contributed by atoms with Crippen LogP contribution in [0.2, 0.25) is 0 Å². The minimum Gasteiger partial charge on any atom is -0.436 e. The second kappa shape index (κ2) is 3.95. The minimum atomic E-state index is 0.488. The fraction of sp³-hybridized carbons (Fsp3) is 0.222. The van der Waals surface area contributed by atoms with Crippen molar-refractivity contribution in [3.05, 3.63) is 24.8 Å². The third-order valence-electron chi connectivity index (χ3n) is 1.80. The predicted molar refractivity (Wildman–Crippen MR) is 54.9 cm³/mol. The summed E-state index contributed by atoms with van der Waals surface area (Å²) in [6, 6.07) is 1.72. The summed E-state index contributed by atoms with van der Waals surface area (Å²) in [5.41, 5.74) is 0. The second-order valence-electron chi connectivity index (χ2n) is 2.94. The van der Waals surface area contributed by atoms with Gasteiger partial charge in [-0.15, -0.1) is 0 Å². The molecular formula is C9H11N5O. The normalized spacial score (nSPS) is 10.0. The summed E-state index contributed by atoms with van der Waals surface area (Å²) in [7, 11) is 3.61. The molecule has 6 heteroatoms. The molecule has 0 aliphatic heterocycles. The highest BCUT2D eigenvalue weighted by molar-refractivity contribution is 5.37. The number of nitrogens with zero attached hydrogens (tertiary/aromatic N) is 4. The molecule has 0 aromatic carbocycles. The van der Waals surface area contributed by atoms with E-state index >= 15 is 0 Å². The number of ether oxygens (including phenoxy) is 1. The fourth-order valence-electron chi connectivity index (χ4n) is 1.10. The van der Waals surface area contributed by atoms with E-state index in [0.717, 1.165) is 0 Å². The number of aromatic nitrogens is 4. The smallest absolute Gasteiger partial charge is 0.224 e. The van der Waals surface area contributed by atoms with Crippen molar-refractivity contribution in [2.75, 3.05) is 12.4 Å². The van der Waals surface area contributed by atoms with Crippen molar-refractivity contribution in [2.45, 2.75) is 0 Å².